The van der Waals surface area contributed by atoms with Crippen molar-refractivity contribution < 1.29 is 4.79 Å². The summed E-state index contributed by atoms with van der Waals surface area (Å²) in [5.41, 5.74) is 13.8. The van der Waals surface area contributed by atoms with E-state index in [-0.39, 0.29) is 17.4 Å². The molecule has 1 aromatic carbocycles. The van der Waals surface area contributed by atoms with Gasteiger partial charge in [-0.2, -0.15) is 5.10 Å². The van der Waals surface area contributed by atoms with E-state index in [0.29, 0.717) is 25.2 Å². The number of carbonyl (C=O) groups is 1. The molecule has 10 heteroatoms. The van der Waals surface area contributed by atoms with Crippen LogP contribution in [0.1, 0.15) is 42.1 Å². The van der Waals surface area contributed by atoms with Crippen molar-refractivity contribution >= 4 is 40.1 Å². The summed E-state index contributed by atoms with van der Waals surface area (Å²) in [5, 5.41) is 7.77. The summed E-state index contributed by atoms with van der Waals surface area (Å²) in [7, 11) is 0. The predicted molar refractivity (Wildman–Crippen MR) is 145 cm³/mol. The van der Waals surface area contributed by atoms with Crippen LogP contribution in [0, 0.1) is 5.41 Å². The smallest absolute Gasteiger partial charge is 0.227 e. The number of hydrogen-bond donors (Lipinski definition) is 2. The molecule has 3 aliphatic heterocycles. The lowest BCUT2D eigenvalue weighted by molar-refractivity contribution is -0.118. The standard InChI is InChI=1S/C28H29N9O/c29-25-18-4-2-10-30-19(18)15-28(25)8-11-35(12-9-28)21-16-31-23-26(32-21)33-34-27(23)36-13-14-37-22(38)7-6-17-3-1-5-20(36)24(17)37/h1-5,10,16,25H,6-9,11-15,29H2,(H,32,33,34). The van der Waals surface area contributed by atoms with Gasteiger partial charge in [0.05, 0.1) is 17.6 Å². The molecule has 1 saturated heterocycles. The normalized spacial score (nSPS) is 21.8. The molecule has 1 aliphatic carbocycles. The fourth-order valence-corrected chi connectivity index (χ4v) is 7.03. The van der Waals surface area contributed by atoms with E-state index in [9.17, 15) is 4.79 Å². The maximum Gasteiger partial charge on any atom is 0.227 e. The molecule has 1 unspecified atom stereocenters. The number of nitrogens with two attached hydrogens (primary N) is 1. The molecule has 1 spiro atoms. The van der Waals surface area contributed by atoms with Gasteiger partial charge in [0.2, 0.25) is 5.91 Å². The second-order valence-electron chi connectivity index (χ2n) is 11.0. The molecule has 38 heavy (non-hydrogen) atoms. The largest absolute Gasteiger partial charge is 0.355 e. The van der Waals surface area contributed by atoms with Gasteiger partial charge in [-0.05, 0) is 54.4 Å². The van der Waals surface area contributed by atoms with E-state index in [1.54, 1.807) is 0 Å². The van der Waals surface area contributed by atoms with Crippen molar-refractivity contribution in [1.82, 2.24) is 25.1 Å². The minimum absolute atomic E-state index is 0.0385. The summed E-state index contributed by atoms with van der Waals surface area (Å²) in [5.74, 6) is 1.81. The summed E-state index contributed by atoms with van der Waals surface area (Å²) in [6.07, 6.45) is 8.04. The Morgan fingerprint density at radius 1 is 1.00 bits per heavy atom. The molecule has 3 N–H and O–H groups in total. The quantitative estimate of drug-likeness (QED) is 0.425. The molecule has 0 saturated carbocycles. The molecule has 10 nitrogen and oxygen atoms in total. The molecule has 6 heterocycles. The van der Waals surface area contributed by atoms with Gasteiger partial charge in [-0.1, -0.05) is 18.2 Å². The second-order valence-corrected chi connectivity index (χ2v) is 11.0. The van der Waals surface area contributed by atoms with Gasteiger partial charge >= 0.3 is 0 Å². The molecular formula is C28H29N9O. The van der Waals surface area contributed by atoms with Crippen molar-refractivity contribution in [2.75, 3.05) is 40.9 Å². The van der Waals surface area contributed by atoms with E-state index in [4.69, 9.17) is 15.7 Å². The Kier molecular flexibility index (Phi) is 4.61. The predicted octanol–water partition coefficient (Wildman–Crippen LogP) is 3.02. The fourth-order valence-electron chi connectivity index (χ4n) is 7.03. The van der Waals surface area contributed by atoms with Crippen LogP contribution >= 0.6 is 0 Å². The van der Waals surface area contributed by atoms with Gasteiger partial charge in [0.15, 0.2) is 17.0 Å². The molecule has 1 amide bonds. The first-order valence-corrected chi connectivity index (χ1v) is 13.5. The number of benzene rings is 1. The highest BCUT2D eigenvalue weighted by Crippen LogP contribution is 2.50. The lowest BCUT2D eigenvalue weighted by atomic mass is 9.73. The van der Waals surface area contributed by atoms with Crippen molar-refractivity contribution in [3.8, 4) is 0 Å². The number of anilines is 4. The Balaban J connectivity index is 1.06. The summed E-state index contributed by atoms with van der Waals surface area (Å²) in [6, 6.07) is 10.4. The highest BCUT2D eigenvalue weighted by atomic mass is 16.2. The number of nitrogens with one attached hydrogen (secondary N) is 1. The van der Waals surface area contributed by atoms with Gasteiger partial charge in [-0.15, -0.1) is 0 Å². The molecule has 1 fully saturated rings. The number of nitrogens with zero attached hydrogens (tertiary/aromatic N) is 7. The molecule has 8 rings (SSSR count). The highest BCUT2D eigenvalue weighted by Gasteiger charge is 2.46. The first-order valence-electron chi connectivity index (χ1n) is 13.5. The number of aryl methyl sites for hydroxylation is 1. The van der Waals surface area contributed by atoms with E-state index in [1.165, 1.54) is 11.1 Å². The number of rotatable bonds is 2. The van der Waals surface area contributed by atoms with E-state index < -0.39 is 0 Å². The van der Waals surface area contributed by atoms with Crippen molar-refractivity contribution in [2.24, 2.45) is 11.1 Å². The number of fused-ring (bicyclic) bond motifs is 2. The summed E-state index contributed by atoms with van der Waals surface area (Å²) >= 11 is 0. The Bertz CT molecular complexity index is 1590. The lowest BCUT2D eigenvalue weighted by Gasteiger charge is -2.42. The molecule has 192 valence electrons. The first kappa shape index (κ1) is 22.0. The van der Waals surface area contributed by atoms with Gasteiger partial charge in [0.1, 0.15) is 5.82 Å². The third-order valence-electron chi connectivity index (χ3n) is 9.13. The zero-order valence-electron chi connectivity index (χ0n) is 21.1. The third-order valence-corrected chi connectivity index (χ3v) is 9.13. The molecule has 4 aromatic rings. The monoisotopic (exact) mass is 507 g/mol. The SMILES string of the molecule is NC1c2cccnc2CC12CCN(c1cnc3c(N4CCN5C(=O)CCc6cccc4c65)n[nH]c3n1)CC2. The zero-order chi connectivity index (χ0) is 25.4. The Hall–Kier alpha value is -4.05. The Labute approximate surface area is 219 Å². The van der Waals surface area contributed by atoms with Crippen molar-refractivity contribution in [1.29, 1.82) is 0 Å². The fraction of sp³-hybridized carbons (Fsp3) is 0.393. The van der Waals surface area contributed by atoms with E-state index in [0.717, 1.165) is 73.0 Å². The Morgan fingerprint density at radius 2 is 1.87 bits per heavy atom. The third kappa shape index (κ3) is 3.06. The number of aromatic amines is 1. The number of pyridine rings is 1. The van der Waals surface area contributed by atoms with Crippen LogP contribution in [-0.2, 0) is 17.6 Å². The Morgan fingerprint density at radius 3 is 2.74 bits per heavy atom. The van der Waals surface area contributed by atoms with Crippen LogP contribution in [0.5, 0.6) is 0 Å². The van der Waals surface area contributed by atoms with Gasteiger partial charge in [0.25, 0.3) is 0 Å². The average molecular weight is 508 g/mol. The number of H-pyrrole nitrogens is 1. The number of hydrogen-bond acceptors (Lipinski definition) is 8. The molecular weight excluding hydrogens is 478 g/mol. The molecule has 3 aromatic heterocycles. The highest BCUT2D eigenvalue weighted by molar-refractivity contribution is 6.03. The minimum Gasteiger partial charge on any atom is -0.355 e. The van der Waals surface area contributed by atoms with Gasteiger partial charge in [-0.25, -0.2) is 9.97 Å². The molecule has 0 bridgehead atoms. The van der Waals surface area contributed by atoms with Crippen molar-refractivity contribution in [2.45, 2.75) is 38.1 Å². The topological polar surface area (TPSA) is 120 Å². The van der Waals surface area contributed by atoms with Crippen molar-refractivity contribution in [3.05, 3.63) is 59.5 Å². The van der Waals surface area contributed by atoms with E-state index in [2.05, 4.69) is 49.2 Å². The van der Waals surface area contributed by atoms with E-state index >= 15 is 0 Å². The lowest BCUT2D eigenvalue weighted by Crippen LogP contribution is -2.45. The van der Waals surface area contributed by atoms with Crippen LogP contribution in [0.15, 0.2) is 42.7 Å². The zero-order valence-corrected chi connectivity index (χ0v) is 21.1. The number of carbonyl (C=O) groups excluding carboxylic acids is 1. The van der Waals surface area contributed by atoms with Crippen LogP contribution in [0.4, 0.5) is 23.0 Å². The minimum atomic E-state index is 0.0385. The molecule has 0 radical (unpaired) electrons. The molecule has 1 atom stereocenters. The number of aromatic nitrogens is 5. The summed E-state index contributed by atoms with van der Waals surface area (Å²) < 4.78 is 0. The van der Waals surface area contributed by atoms with Gasteiger partial charge < -0.3 is 20.4 Å². The van der Waals surface area contributed by atoms with Crippen LogP contribution in [0.3, 0.4) is 0 Å². The maximum absolute atomic E-state index is 12.6. The molecule has 4 aliphatic rings. The number of amides is 1. The maximum atomic E-state index is 12.6. The average Bonchev–Trinajstić information content (AvgIpc) is 3.49. The second kappa shape index (κ2) is 7.97. The van der Waals surface area contributed by atoms with Gasteiger partial charge in [-0.3, -0.25) is 14.9 Å². The van der Waals surface area contributed by atoms with Gasteiger partial charge in [0, 0.05) is 50.5 Å². The van der Waals surface area contributed by atoms with E-state index in [1.807, 2.05) is 23.4 Å². The van der Waals surface area contributed by atoms with Crippen LogP contribution in [-0.4, -0.2) is 57.2 Å². The van der Waals surface area contributed by atoms with Crippen LogP contribution in [0.2, 0.25) is 0 Å². The van der Waals surface area contributed by atoms with Crippen LogP contribution < -0.4 is 20.4 Å². The number of para-hydroxylation sites is 1. The summed E-state index contributed by atoms with van der Waals surface area (Å²) in [4.78, 5) is 33.3. The number of piperidine rings is 1. The first-order chi connectivity index (χ1) is 18.6. The van der Waals surface area contributed by atoms with Crippen molar-refractivity contribution in [3.63, 3.8) is 0 Å². The van der Waals surface area contributed by atoms with Crippen LogP contribution in [0.25, 0.3) is 11.2 Å². The summed E-state index contributed by atoms with van der Waals surface area (Å²) in [6.45, 7) is 3.07.